The third-order valence-electron chi connectivity index (χ3n) is 3.93. The van der Waals surface area contributed by atoms with E-state index >= 15 is 0 Å². The van der Waals surface area contributed by atoms with Crippen LogP contribution in [0.15, 0.2) is 40.9 Å². The number of nitro groups is 1. The third kappa shape index (κ3) is 3.61. The molecule has 9 heteroatoms. The summed E-state index contributed by atoms with van der Waals surface area (Å²) in [6, 6.07) is 8.82. The van der Waals surface area contributed by atoms with Crippen molar-refractivity contribution >= 4 is 11.6 Å². The number of carbonyl (C=O) groups excluding carboxylic acids is 1. The molecular formula is C17H18N5O4+. The summed E-state index contributed by atoms with van der Waals surface area (Å²) < 4.78 is 7.04. The average molecular weight is 356 g/mol. The molecule has 0 unspecified atom stereocenters. The van der Waals surface area contributed by atoms with Crippen molar-refractivity contribution < 1.29 is 19.1 Å². The van der Waals surface area contributed by atoms with Gasteiger partial charge < -0.3 is 9.73 Å². The Morgan fingerprint density at radius 2 is 2.15 bits per heavy atom. The normalized spacial score (nSPS) is 10.7. The number of rotatable bonds is 6. The molecule has 1 amide bonds. The number of hydrogen-bond acceptors (Lipinski definition) is 5. The highest BCUT2D eigenvalue weighted by Gasteiger charge is 2.22. The summed E-state index contributed by atoms with van der Waals surface area (Å²) in [5, 5.41) is 18.0. The number of hydrogen-bond donors (Lipinski definition) is 1. The van der Waals surface area contributed by atoms with E-state index in [2.05, 4.69) is 15.4 Å². The molecule has 0 spiro atoms. The number of nitrogens with zero attached hydrogens (tertiary/aromatic N) is 3. The van der Waals surface area contributed by atoms with Gasteiger partial charge in [-0.05, 0) is 26.0 Å². The number of furan rings is 1. The lowest BCUT2D eigenvalue weighted by Gasteiger charge is -2.01. The summed E-state index contributed by atoms with van der Waals surface area (Å²) in [6.45, 7) is 3.77. The molecule has 0 fully saturated rings. The maximum Gasteiger partial charge on any atom is 0.312 e. The zero-order valence-electron chi connectivity index (χ0n) is 14.4. The van der Waals surface area contributed by atoms with E-state index < -0.39 is 4.92 Å². The molecule has 3 heterocycles. The van der Waals surface area contributed by atoms with E-state index in [0.717, 1.165) is 5.69 Å². The van der Waals surface area contributed by atoms with Gasteiger partial charge in [-0.3, -0.25) is 19.6 Å². The van der Waals surface area contributed by atoms with Crippen LogP contribution in [0.3, 0.4) is 0 Å². The van der Waals surface area contributed by atoms with Crippen LogP contribution < -0.4 is 10.3 Å². The van der Waals surface area contributed by atoms with Crippen LogP contribution in [0.1, 0.15) is 33.4 Å². The van der Waals surface area contributed by atoms with Gasteiger partial charge in [0.2, 0.25) is 0 Å². The zero-order valence-corrected chi connectivity index (χ0v) is 14.4. The molecule has 0 saturated carbocycles. The molecular weight excluding hydrogens is 338 g/mol. The van der Waals surface area contributed by atoms with Crippen molar-refractivity contribution in [3.05, 3.63) is 75.2 Å². The molecule has 3 aromatic heterocycles. The van der Waals surface area contributed by atoms with Crippen LogP contribution in [0.5, 0.6) is 0 Å². The molecule has 2 N–H and O–H groups in total. The second-order valence-electron chi connectivity index (χ2n) is 5.77. The molecule has 0 aliphatic heterocycles. The Morgan fingerprint density at radius 1 is 1.35 bits per heavy atom. The number of nitrogens with one attached hydrogen (secondary N) is 2. The van der Waals surface area contributed by atoms with Gasteiger partial charge in [0.1, 0.15) is 23.7 Å². The smallest absolute Gasteiger partial charge is 0.312 e. The minimum absolute atomic E-state index is 0.00589. The largest absolute Gasteiger partial charge is 0.454 e. The maximum absolute atomic E-state index is 12.2. The number of amides is 1. The first-order valence-corrected chi connectivity index (χ1v) is 7.96. The van der Waals surface area contributed by atoms with Crippen molar-refractivity contribution in [3.63, 3.8) is 0 Å². The van der Waals surface area contributed by atoms with E-state index in [1.165, 1.54) is 4.68 Å². The van der Waals surface area contributed by atoms with Gasteiger partial charge in [0, 0.05) is 12.1 Å². The van der Waals surface area contributed by atoms with Crippen molar-refractivity contribution in [2.75, 3.05) is 0 Å². The summed E-state index contributed by atoms with van der Waals surface area (Å²) in [7, 11) is 0. The van der Waals surface area contributed by atoms with Crippen LogP contribution >= 0.6 is 0 Å². The van der Waals surface area contributed by atoms with E-state index in [4.69, 9.17) is 4.42 Å². The molecule has 0 atom stereocenters. The Bertz CT molecular complexity index is 945. The first-order valence-electron chi connectivity index (χ1n) is 7.96. The summed E-state index contributed by atoms with van der Waals surface area (Å²) in [5.41, 5.74) is 1.64. The first kappa shape index (κ1) is 17.3. The van der Waals surface area contributed by atoms with E-state index in [0.29, 0.717) is 23.7 Å². The number of aromatic amines is 1. The number of pyridine rings is 1. The van der Waals surface area contributed by atoms with Gasteiger partial charge in [-0.2, -0.15) is 5.10 Å². The fourth-order valence-corrected chi connectivity index (χ4v) is 2.64. The minimum Gasteiger partial charge on any atom is -0.454 e. The quantitative estimate of drug-likeness (QED) is 0.534. The fraction of sp³-hybridized carbons (Fsp3) is 0.235. The highest BCUT2D eigenvalue weighted by molar-refractivity contribution is 5.91. The van der Waals surface area contributed by atoms with Crippen LogP contribution in [-0.2, 0) is 13.1 Å². The molecule has 134 valence electrons. The van der Waals surface area contributed by atoms with Crippen LogP contribution in [0.25, 0.3) is 0 Å². The predicted molar refractivity (Wildman–Crippen MR) is 90.3 cm³/mol. The van der Waals surface area contributed by atoms with E-state index in [1.807, 2.05) is 18.2 Å². The Morgan fingerprint density at radius 3 is 2.81 bits per heavy atom. The van der Waals surface area contributed by atoms with Crippen LogP contribution in [0.2, 0.25) is 0 Å². The van der Waals surface area contributed by atoms with Gasteiger partial charge in [0.15, 0.2) is 17.7 Å². The molecule has 0 aliphatic carbocycles. The van der Waals surface area contributed by atoms with Gasteiger partial charge in [-0.15, -0.1) is 0 Å². The second-order valence-corrected chi connectivity index (χ2v) is 5.77. The molecule has 0 aliphatic rings. The Kier molecular flexibility index (Phi) is 4.78. The van der Waals surface area contributed by atoms with Crippen molar-refractivity contribution in [1.82, 2.24) is 15.1 Å². The highest BCUT2D eigenvalue weighted by Crippen LogP contribution is 2.22. The van der Waals surface area contributed by atoms with Gasteiger partial charge in [0.25, 0.3) is 5.91 Å². The zero-order chi connectivity index (χ0) is 18.7. The number of aryl methyl sites for hydroxylation is 1. The molecule has 0 aromatic carbocycles. The Balaban J connectivity index is 1.67. The molecule has 3 rings (SSSR count). The lowest BCUT2D eigenvalue weighted by molar-refractivity contribution is -0.390. The van der Waals surface area contributed by atoms with Crippen LogP contribution in [0.4, 0.5) is 5.69 Å². The summed E-state index contributed by atoms with van der Waals surface area (Å²) in [4.78, 5) is 25.8. The van der Waals surface area contributed by atoms with Gasteiger partial charge in [-0.25, -0.2) is 4.98 Å². The summed E-state index contributed by atoms with van der Waals surface area (Å²) in [6.07, 6.45) is 1.78. The monoisotopic (exact) mass is 356 g/mol. The lowest BCUT2D eigenvalue weighted by Crippen LogP contribution is -2.26. The van der Waals surface area contributed by atoms with Crippen LogP contribution in [0, 0.1) is 24.0 Å². The standard InChI is InChI=1S/C17H17N5O4/c1-11-16(22(24)25)12(2)21(20-11)10-14-6-7-15(26-14)17(23)19-9-13-5-3-4-8-18-13/h3-8H,9-10H2,1-2H3,(H,19,23)/p+1. The fourth-order valence-electron chi connectivity index (χ4n) is 2.64. The molecule has 0 bridgehead atoms. The maximum atomic E-state index is 12.2. The van der Waals surface area contributed by atoms with Crippen molar-refractivity contribution in [2.45, 2.75) is 26.9 Å². The average Bonchev–Trinajstić information content (AvgIpc) is 3.18. The third-order valence-corrected chi connectivity index (χ3v) is 3.93. The minimum atomic E-state index is -0.449. The van der Waals surface area contributed by atoms with Gasteiger partial charge in [0.05, 0.1) is 11.5 Å². The molecule has 26 heavy (non-hydrogen) atoms. The topological polar surface area (TPSA) is 117 Å². The van der Waals surface area contributed by atoms with Gasteiger partial charge in [-0.1, -0.05) is 6.07 Å². The lowest BCUT2D eigenvalue weighted by atomic mass is 10.3. The van der Waals surface area contributed by atoms with E-state index in [-0.39, 0.29) is 23.9 Å². The van der Waals surface area contributed by atoms with Crippen molar-refractivity contribution in [3.8, 4) is 0 Å². The van der Waals surface area contributed by atoms with E-state index in [1.54, 1.807) is 32.2 Å². The highest BCUT2D eigenvalue weighted by atomic mass is 16.6. The molecule has 0 saturated heterocycles. The summed E-state index contributed by atoms with van der Waals surface area (Å²) in [5.74, 6) is 0.321. The molecule has 0 radical (unpaired) electrons. The van der Waals surface area contributed by atoms with Crippen molar-refractivity contribution in [2.24, 2.45) is 0 Å². The summed E-state index contributed by atoms with van der Waals surface area (Å²) >= 11 is 0. The number of aromatic nitrogens is 3. The van der Waals surface area contributed by atoms with Gasteiger partial charge >= 0.3 is 5.69 Å². The second kappa shape index (κ2) is 7.18. The SMILES string of the molecule is Cc1nn(Cc2ccc(C(=O)NCc3cccc[nH+]3)o2)c(C)c1[N+](=O)[O-]. The number of H-pyrrole nitrogens is 1. The Hall–Kier alpha value is -3.49. The molecule has 3 aromatic rings. The van der Waals surface area contributed by atoms with E-state index in [9.17, 15) is 14.9 Å². The first-order chi connectivity index (χ1) is 12.5. The van der Waals surface area contributed by atoms with Crippen LogP contribution in [-0.4, -0.2) is 20.6 Å². The van der Waals surface area contributed by atoms with Crippen molar-refractivity contribution in [1.29, 1.82) is 0 Å². The number of carbonyl (C=O) groups is 1. The Labute approximate surface area is 148 Å². The predicted octanol–water partition coefficient (Wildman–Crippen LogP) is 1.79. The molecule has 9 nitrogen and oxygen atoms in total.